The summed E-state index contributed by atoms with van der Waals surface area (Å²) in [6, 6.07) is 11.1. The molecule has 154 valence electrons. The van der Waals surface area contributed by atoms with Gasteiger partial charge in [0.1, 0.15) is 5.82 Å². The van der Waals surface area contributed by atoms with E-state index in [9.17, 15) is 14.0 Å². The number of nitrogens with one attached hydrogen (secondary N) is 3. The first kappa shape index (κ1) is 21.1. The SMILES string of the molecule is Cl.O=C(Nc1ccccc1F)Nc1cccc2c1CCN(C(=O)C1CCCN1)C2. The standard InChI is InChI=1S/C21H23FN4O2.ClH/c22-16-6-1-2-7-18(16)25-21(28)24-17-8-3-5-14-13-26(12-10-15(14)17)20(27)19-9-4-11-23-19;/h1-3,5-8,19,23H,4,9-13H2,(H2,24,25,28);1H. The second-order valence-electron chi connectivity index (χ2n) is 7.16. The molecule has 3 N–H and O–H groups in total. The maximum Gasteiger partial charge on any atom is 0.323 e. The molecule has 3 amide bonds. The Labute approximate surface area is 175 Å². The molecular formula is C21H24ClFN4O2. The number of halogens is 2. The van der Waals surface area contributed by atoms with Crippen LogP contribution >= 0.6 is 12.4 Å². The number of anilines is 2. The first-order valence-corrected chi connectivity index (χ1v) is 9.57. The van der Waals surface area contributed by atoms with Crippen molar-refractivity contribution in [2.24, 2.45) is 0 Å². The van der Waals surface area contributed by atoms with E-state index in [1.54, 1.807) is 12.1 Å². The van der Waals surface area contributed by atoms with Gasteiger partial charge in [-0.15, -0.1) is 12.4 Å². The van der Waals surface area contributed by atoms with Crippen molar-refractivity contribution in [1.29, 1.82) is 0 Å². The summed E-state index contributed by atoms with van der Waals surface area (Å²) in [5.74, 6) is -0.332. The largest absolute Gasteiger partial charge is 0.337 e. The van der Waals surface area contributed by atoms with Crippen molar-refractivity contribution >= 4 is 35.7 Å². The summed E-state index contributed by atoms with van der Waals surface area (Å²) in [7, 11) is 0. The highest BCUT2D eigenvalue weighted by molar-refractivity contribution is 6.00. The monoisotopic (exact) mass is 418 g/mol. The van der Waals surface area contributed by atoms with Gasteiger partial charge in [0, 0.05) is 18.8 Å². The normalized spacial score (nSPS) is 17.8. The van der Waals surface area contributed by atoms with Gasteiger partial charge >= 0.3 is 6.03 Å². The molecule has 0 aromatic heterocycles. The van der Waals surface area contributed by atoms with E-state index in [4.69, 9.17) is 0 Å². The summed E-state index contributed by atoms with van der Waals surface area (Å²) in [6.07, 6.45) is 2.59. The molecule has 2 aromatic rings. The topological polar surface area (TPSA) is 73.5 Å². The minimum atomic E-state index is -0.493. The van der Waals surface area contributed by atoms with Gasteiger partial charge in [0.25, 0.3) is 0 Å². The Hall–Kier alpha value is -2.64. The number of carbonyl (C=O) groups is 2. The highest BCUT2D eigenvalue weighted by Crippen LogP contribution is 2.27. The fourth-order valence-corrected chi connectivity index (χ4v) is 3.87. The minimum absolute atomic E-state index is 0. The molecule has 1 atom stereocenters. The number of hydrogen-bond acceptors (Lipinski definition) is 3. The number of urea groups is 1. The molecule has 2 aliphatic heterocycles. The van der Waals surface area contributed by atoms with Gasteiger partial charge < -0.3 is 20.9 Å². The first-order valence-electron chi connectivity index (χ1n) is 9.57. The summed E-state index contributed by atoms with van der Waals surface area (Å²) in [6.45, 7) is 2.06. The Bertz CT molecular complexity index is 902. The van der Waals surface area contributed by atoms with Gasteiger partial charge in [0.2, 0.25) is 5.91 Å². The molecule has 0 bridgehead atoms. The van der Waals surface area contributed by atoms with Crippen molar-refractivity contribution in [3.63, 3.8) is 0 Å². The van der Waals surface area contributed by atoms with Crippen LogP contribution in [-0.2, 0) is 17.8 Å². The lowest BCUT2D eigenvalue weighted by Crippen LogP contribution is -2.45. The lowest BCUT2D eigenvalue weighted by atomic mass is 9.97. The zero-order valence-electron chi connectivity index (χ0n) is 15.9. The van der Waals surface area contributed by atoms with E-state index in [2.05, 4.69) is 16.0 Å². The molecule has 1 saturated heterocycles. The van der Waals surface area contributed by atoms with Gasteiger partial charge in [-0.25, -0.2) is 9.18 Å². The Balaban J connectivity index is 0.00000240. The van der Waals surface area contributed by atoms with Crippen LogP contribution in [0.4, 0.5) is 20.6 Å². The molecule has 1 unspecified atom stereocenters. The molecule has 0 aliphatic carbocycles. The number of hydrogen-bond donors (Lipinski definition) is 3. The molecule has 2 heterocycles. The van der Waals surface area contributed by atoms with E-state index in [1.807, 2.05) is 23.1 Å². The van der Waals surface area contributed by atoms with Crippen molar-refractivity contribution in [2.75, 3.05) is 23.7 Å². The third kappa shape index (κ3) is 4.68. The molecule has 8 heteroatoms. The van der Waals surface area contributed by atoms with E-state index in [0.717, 1.165) is 30.5 Å². The Morgan fingerprint density at radius 3 is 2.59 bits per heavy atom. The van der Waals surface area contributed by atoms with E-state index in [0.29, 0.717) is 25.2 Å². The predicted octanol–water partition coefficient (Wildman–Crippen LogP) is 3.53. The second kappa shape index (κ2) is 9.24. The molecule has 29 heavy (non-hydrogen) atoms. The summed E-state index contributed by atoms with van der Waals surface area (Å²) >= 11 is 0. The number of carbonyl (C=O) groups excluding carboxylic acids is 2. The molecule has 0 spiro atoms. The molecule has 0 radical (unpaired) electrons. The fraction of sp³-hybridized carbons (Fsp3) is 0.333. The molecule has 0 saturated carbocycles. The predicted molar refractivity (Wildman–Crippen MR) is 113 cm³/mol. The van der Waals surface area contributed by atoms with E-state index < -0.39 is 11.8 Å². The average molecular weight is 419 g/mol. The van der Waals surface area contributed by atoms with Gasteiger partial charge in [0.15, 0.2) is 0 Å². The van der Waals surface area contributed by atoms with Gasteiger partial charge in [-0.1, -0.05) is 24.3 Å². The maximum atomic E-state index is 13.7. The summed E-state index contributed by atoms with van der Waals surface area (Å²) in [4.78, 5) is 26.8. The van der Waals surface area contributed by atoms with E-state index >= 15 is 0 Å². The average Bonchev–Trinajstić information content (AvgIpc) is 3.24. The van der Waals surface area contributed by atoms with Gasteiger partial charge in [-0.05, 0) is 55.1 Å². The van der Waals surface area contributed by atoms with Crippen LogP contribution in [0.2, 0.25) is 0 Å². The van der Waals surface area contributed by atoms with Crippen molar-refractivity contribution < 1.29 is 14.0 Å². The number of benzene rings is 2. The van der Waals surface area contributed by atoms with Crippen molar-refractivity contribution in [3.8, 4) is 0 Å². The molecule has 2 aliphatic rings. The van der Waals surface area contributed by atoms with Gasteiger partial charge in [0.05, 0.1) is 11.7 Å². The summed E-state index contributed by atoms with van der Waals surface area (Å²) < 4.78 is 13.7. The van der Waals surface area contributed by atoms with Crippen LogP contribution in [0.1, 0.15) is 24.0 Å². The molecule has 6 nitrogen and oxygen atoms in total. The lowest BCUT2D eigenvalue weighted by Gasteiger charge is -2.32. The fourth-order valence-electron chi connectivity index (χ4n) is 3.87. The first-order chi connectivity index (χ1) is 13.6. The quantitative estimate of drug-likeness (QED) is 0.714. The third-order valence-corrected chi connectivity index (χ3v) is 5.31. The van der Waals surface area contributed by atoms with E-state index in [-0.39, 0.29) is 30.0 Å². The highest BCUT2D eigenvalue weighted by atomic mass is 35.5. The van der Waals surface area contributed by atoms with Gasteiger partial charge in [-0.3, -0.25) is 4.79 Å². The number of amides is 3. The smallest absolute Gasteiger partial charge is 0.323 e. The zero-order chi connectivity index (χ0) is 19.5. The number of fused-ring (bicyclic) bond motifs is 1. The Morgan fingerprint density at radius 2 is 1.83 bits per heavy atom. The lowest BCUT2D eigenvalue weighted by molar-refractivity contribution is -0.134. The maximum absolute atomic E-state index is 13.7. The molecule has 1 fully saturated rings. The van der Waals surface area contributed by atoms with Crippen molar-refractivity contribution in [2.45, 2.75) is 31.8 Å². The minimum Gasteiger partial charge on any atom is -0.337 e. The molecule has 2 aromatic carbocycles. The molecule has 4 rings (SSSR count). The Morgan fingerprint density at radius 1 is 1.07 bits per heavy atom. The van der Waals surface area contributed by atoms with Gasteiger partial charge in [-0.2, -0.15) is 0 Å². The zero-order valence-corrected chi connectivity index (χ0v) is 16.7. The van der Waals surface area contributed by atoms with Crippen LogP contribution in [0, 0.1) is 5.82 Å². The summed E-state index contributed by atoms with van der Waals surface area (Å²) in [5.41, 5.74) is 2.87. The third-order valence-electron chi connectivity index (χ3n) is 5.31. The number of rotatable bonds is 3. The van der Waals surface area contributed by atoms with E-state index in [1.165, 1.54) is 12.1 Å². The Kier molecular flexibility index (Phi) is 6.71. The van der Waals surface area contributed by atoms with Crippen LogP contribution in [0.15, 0.2) is 42.5 Å². The van der Waals surface area contributed by atoms with Crippen molar-refractivity contribution in [3.05, 3.63) is 59.4 Å². The van der Waals surface area contributed by atoms with Crippen LogP contribution < -0.4 is 16.0 Å². The van der Waals surface area contributed by atoms with Crippen LogP contribution in [-0.4, -0.2) is 36.0 Å². The van der Waals surface area contributed by atoms with Crippen LogP contribution in [0.5, 0.6) is 0 Å². The number of nitrogens with zero attached hydrogens (tertiary/aromatic N) is 1. The number of para-hydroxylation sites is 1. The van der Waals surface area contributed by atoms with Crippen LogP contribution in [0.3, 0.4) is 0 Å². The summed E-state index contributed by atoms with van der Waals surface area (Å²) in [5, 5.41) is 8.60. The molecular weight excluding hydrogens is 395 g/mol. The van der Waals surface area contributed by atoms with Crippen molar-refractivity contribution in [1.82, 2.24) is 10.2 Å². The highest BCUT2D eigenvalue weighted by Gasteiger charge is 2.29. The second-order valence-corrected chi connectivity index (χ2v) is 7.16. The van der Waals surface area contributed by atoms with Crippen LogP contribution in [0.25, 0.3) is 0 Å².